The molecule has 0 radical (unpaired) electrons. The smallest absolute Gasteiger partial charge is 0.223 e. The third-order valence-electron chi connectivity index (χ3n) is 2.93. The van der Waals surface area contributed by atoms with Crippen LogP contribution in [0.25, 0.3) is 0 Å². The number of likely N-dealkylation sites (tertiary alicyclic amines) is 1. The lowest BCUT2D eigenvalue weighted by molar-refractivity contribution is -0.130. The molecule has 0 bridgehead atoms. The average molecular weight is 241 g/mol. The molecule has 4 heteroatoms. The van der Waals surface area contributed by atoms with Crippen LogP contribution >= 0.6 is 0 Å². The van der Waals surface area contributed by atoms with Crippen molar-refractivity contribution in [2.24, 2.45) is 0 Å². The monoisotopic (exact) mass is 241 g/mol. The summed E-state index contributed by atoms with van der Waals surface area (Å²) in [4.78, 5) is 13.7. The molecule has 1 saturated heterocycles. The molecule has 1 aliphatic heterocycles. The summed E-state index contributed by atoms with van der Waals surface area (Å²) < 4.78 is 0. The van der Waals surface area contributed by atoms with Gasteiger partial charge in [-0.3, -0.25) is 4.79 Å². The molecule has 0 aromatic rings. The number of carbonyl (C=O) groups is 1. The Kier molecular flexibility index (Phi) is 5.92. The summed E-state index contributed by atoms with van der Waals surface area (Å²) in [5, 5.41) is 6.71. The van der Waals surface area contributed by atoms with Crippen LogP contribution in [0, 0.1) is 0 Å². The van der Waals surface area contributed by atoms with Crippen molar-refractivity contribution in [3.8, 4) is 0 Å². The van der Waals surface area contributed by atoms with E-state index >= 15 is 0 Å². The van der Waals surface area contributed by atoms with Crippen molar-refractivity contribution in [3.63, 3.8) is 0 Å². The quantitative estimate of drug-likeness (QED) is 0.681. The van der Waals surface area contributed by atoms with Crippen molar-refractivity contribution >= 4 is 5.91 Å². The Bertz CT molecular complexity index is 229. The van der Waals surface area contributed by atoms with Gasteiger partial charge in [-0.25, -0.2) is 0 Å². The molecule has 17 heavy (non-hydrogen) atoms. The predicted octanol–water partition coefficient (Wildman–Crippen LogP) is 0.977. The van der Waals surface area contributed by atoms with Gasteiger partial charge in [0.25, 0.3) is 0 Å². The highest BCUT2D eigenvalue weighted by Gasteiger charge is 2.16. The molecule has 100 valence electrons. The Balaban J connectivity index is 1.95. The molecule has 0 saturated carbocycles. The summed E-state index contributed by atoms with van der Waals surface area (Å²) in [5.41, 5.74) is 0.174. The zero-order valence-electron chi connectivity index (χ0n) is 11.5. The van der Waals surface area contributed by atoms with Gasteiger partial charge in [0.05, 0.1) is 0 Å². The molecule has 0 unspecified atom stereocenters. The van der Waals surface area contributed by atoms with Crippen molar-refractivity contribution < 1.29 is 4.79 Å². The lowest BCUT2D eigenvalue weighted by atomic mass is 10.1. The second kappa shape index (κ2) is 6.97. The normalized spacial score (nSPS) is 16.5. The third-order valence-corrected chi connectivity index (χ3v) is 2.93. The van der Waals surface area contributed by atoms with Crippen LogP contribution in [0.5, 0.6) is 0 Å². The minimum atomic E-state index is 0.174. The molecule has 1 rings (SSSR count). The van der Waals surface area contributed by atoms with Gasteiger partial charge >= 0.3 is 0 Å². The Morgan fingerprint density at radius 2 is 1.76 bits per heavy atom. The van der Waals surface area contributed by atoms with E-state index in [0.29, 0.717) is 12.3 Å². The third kappa shape index (κ3) is 6.64. The summed E-state index contributed by atoms with van der Waals surface area (Å²) in [6.45, 7) is 11.1. The van der Waals surface area contributed by atoms with Crippen LogP contribution in [0.2, 0.25) is 0 Å². The first kappa shape index (κ1) is 14.5. The number of rotatable bonds is 6. The maximum absolute atomic E-state index is 11.7. The molecule has 0 aliphatic carbocycles. The van der Waals surface area contributed by atoms with Gasteiger partial charge in [0.15, 0.2) is 0 Å². The van der Waals surface area contributed by atoms with Crippen molar-refractivity contribution in [1.29, 1.82) is 0 Å². The first-order valence-electron chi connectivity index (χ1n) is 6.72. The topological polar surface area (TPSA) is 44.4 Å². The first-order chi connectivity index (χ1) is 7.99. The summed E-state index contributed by atoms with van der Waals surface area (Å²) in [5.74, 6) is 0.304. The van der Waals surface area contributed by atoms with Gasteiger partial charge in [0.2, 0.25) is 5.91 Å². The van der Waals surface area contributed by atoms with Crippen molar-refractivity contribution in [2.75, 3.05) is 32.7 Å². The van der Waals surface area contributed by atoms with Crippen LogP contribution in [-0.2, 0) is 4.79 Å². The van der Waals surface area contributed by atoms with Crippen LogP contribution in [0.1, 0.15) is 40.0 Å². The Morgan fingerprint density at radius 1 is 1.12 bits per heavy atom. The van der Waals surface area contributed by atoms with Gasteiger partial charge < -0.3 is 15.5 Å². The summed E-state index contributed by atoms with van der Waals surface area (Å²) in [6, 6.07) is 0. The van der Waals surface area contributed by atoms with E-state index in [1.807, 2.05) is 4.90 Å². The highest BCUT2D eigenvalue weighted by atomic mass is 16.2. The number of carbonyl (C=O) groups excluding carboxylic acids is 1. The largest absolute Gasteiger partial charge is 0.343 e. The molecular weight excluding hydrogens is 214 g/mol. The van der Waals surface area contributed by atoms with Crippen LogP contribution in [0.15, 0.2) is 0 Å². The minimum absolute atomic E-state index is 0.174. The van der Waals surface area contributed by atoms with Crippen molar-refractivity contribution in [2.45, 2.75) is 45.6 Å². The molecule has 1 amide bonds. The van der Waals surface area contributed by atoms with E-state index in [0.717, 1.165) is 32.7 Å². The van der Waals surface area contributed by atoms with E-state index < -0.39 is 0 Å². The number of nitrogens with one attached hydrogen (secondary N) is 2. The van der Waals surface area contributed by atoms with Crippen molar-refractivity contribution in [1.82, 2.24) is 15.5 Å². The van der Waals surface area contributed by atoms with Gasteiger partial charge in [-0.2, -0.15) is 0 Å². The zero-order valence-corrected chi connectivity index (χ0v) is 11.5. The molecule has 0 atom stereocenters. The van der Waals surface area contributed by atoms with E-state index in [4.69, 9.17) is 0 Å². The molecule has 0 aromatic heterocycles. The second-order valence-corrected chi connectivity index (χ2v) is 5.76. The van der Waals surface area contributed by atoms with Crippen LogP contribution < -0.4 is 10.6 Å². The van der Waals surface area contributed by atoms with Gasteiger partial charge in [-0.1, -0.05) is 0 Å². The Labute approximate surface area is 105 Å². The number of nitrogens with zero attached hydrogens (tertiary/aromatic N) is 1. The van der Waals surface area contributed by atoms with Gasteiger partial charge in [0.1, 0.15) is 0 Å². The molecule has 1 aliphatic rings. The maximum Gasteiger partial charge on any atom is 0.223 e. The van der Waals surface area contributed by atoms with E-state index in [-0.39, 0.29) is 5.54 Å². The summed E-state index contributed by atoms with van der Waals surface area (Å²) in [7, 11) is 0. The highest BCUT2D eigenvalue weighted by molar-refractivity contribution is 5.76. The second-order valence-electron chi connectivity index (χ2n) is 5.76. The van der Waals surface area contributed by atoms with Crippen LogP contribution in [0.3, 0.4) is 0 Å². The SMILES string of the molecule is CC(C)(C)NCCNCCC(=O)N1CCCC1. The molecule has 0 spiro atoms. The van der Waals surface area contributed by atoms with Gasteiger partial charge in [-0.15, -0.1) is 0 Å². The summed E-state index contributed by atoms with van der Waals surface area (Å²) in [6.07, 6.45) is 2.98. The molecule has 1 fully saturated rings. The fourth-order valence-electron chi connectivity index (χ4n) is 1.97. The predicted molar refractivity (Wildman–Crippen MR) is 71.1 cm³/mol. The van der Waals surface area contributed by atoms with E-state index in [1.165, 1.54) is 12.8 Å². The average Bonchev–Trinajstić information content (AvgIpc) is 2.74. The van der Waals surface area contributed by atoms with E-state index in [1.54, 1.807) is 0 Å². The van der Waals surface area contributed by atoms with Gasteiger partial charge in [-0.05, 0) is 33.6 Å². The molecule has 4 nitrogen and oxygen atoms in total. The fraction of sp³-hybridized carbons (Fsp3) is 0.923. The highest BCUT2D eigenvalue weighted by Crippen LogP contribution is 2.08. The fourth-order valence-corrected chi connectivity index (χ4v) is 1.97. The van der Waals surface area contributed by atoms with Crippen LogP contribution in [0.4, 0.5) is 0 Å². The number of hydrogen-bond donors (Lipinski definition) is 2. The van der Waals surface area contributed by atoms with Crippen molar-refractivity contribution in [3.05, 3.63) is 0 Å². The lowest BCUT2D eigenvalue weighted by Gasteiger charge is -2.20. The minimum Gasteiger partial charge on any atom is -0.343 e. The Morgan fingerprint density at radius 3 is 2.35 bits per heavy atom. The first-order valence-corrected chi connectivity index (χ1v) is 6.72. The van der Waals surface area contributed by atoms with E-state index in [9.17, 15) is 4.79 Å². The zero-order chi connectivity index (χ0) is 12.7. The standard InChI is InChI=1S/C13H27N3O/c1-13(2,3)15-9-8-14-7-6-12(17)16-10-4-5-11-16/h14-15H,4-11H2,1-3H3. The van der Waals surface area contributed by atoms with Gasteiger partial charge in [0, 0.05) is 44.7 Å². The number of hydrogen-bond acceptors (Lipinski definition) is 3. The van der Waals surface area contributed by atoms with Crippen LogP contribution in [-0.4, -0.2) is 49.1 Å². The number of amides is 1. The maximum atomic E-state index is 11.7. The molecule has 0 aromatic carbocycles. The molecular formula is C13H27N3O. The molecule has 2 N–H and O–H groups in total. The lowest BCUT2D eigenvalue weighted by Crippen LogP contribution is -2.40. The summed E-state index contributed by atoms with van der Waals surface area (Å²) >= 11 is 0. The van der Waals surface area contributed by atoms with E-state index in [2.05, 4.69) is 31.4 Å². The Hall–Kier alpha value is -0.610. The molecule has 1 heterocycles.